The van der Waals surface area contributed by atoms with Crippen molar-refractivity contribution >= 4 is 41.0 Å². The Hall–Kier alpha value is -2.18. The number of carboxylic acids is 1. The van der Waals surface area contributed by atoms with Gasteiger partial charge in [0.05, 0.1) is 18.6 Å². The number of carboxylic acid groups (broad SMARTS) is 1. The van der Waals surface area contributed by atoms with E-state index in [1.807, 2.05) is 61.0 Å². The van der Waals surface area contributed by atoms with Gasteiger partial charge in [0.25, 0.3) is 0 Å². The first kappa shape index (κ1) is 21.1. The fourth-order valence-corrected chi connectivity index (χ4v) is 4.22. The van der Waals surface area contributed by atoms with E-state index in [1.165, 1.54) is 0 Å². The summed E-state index contributed by atoms with van der Waals surface area (Å²) in [4.78, 5) is 26.3. The minimum atomic E-state index is -1.07. The summed E-state index contributed by atoms with van der Waals surface area (Å²) in [5, 5.41) is 9.38. The van der Waals surface area contributed by atoms with Crippen LogP contribution < -0.4 is 0 Å². The number of ether oxygens (including phenoxy) is 1. The van der Waals surface area contributed by atoms with Crippen LogP contribution in [-0.4, -0.2) is 36.2 Å². The smallest absolute Gasteiger partial charge is 0.335 e. The lowest BCUT2D eigenvalue weighted by Crippen LogP contribution is -2.14. The number of carbonyl (C=O) groups is 2. The second-order valence-corrected chi connectivity index (χ2v) is 7.28. The van der Waals surface area contributed by atoms with Gasteiger partial charge in [-0.2, -0.15) is 0 Å². The lowest BCUT2D eigenvalue weighted by Gasteiger charge is -2.16. The van der Waals surface area contributed by atoms with Gasteiger partial charge < -0.3 is 9.84 Å². The number of thioether (sulfide) groups is 2. The third-order valence-corrected chi connectivity index (χ3v) is 5.59. The zero-order chi connectivity index (χ0) is 19.8. The molecule has 2 aromatic carbocycles. The second kappa shape index (κ2) is 10.2. The summed E-state index contributed by atoms with van der Waals surface area (Å²) in [7, 11) is 0. The highest BCUT2D eigenvalue weighted by Gasteiger charge is 2.22. The third kappa shape index (κ3) is 5.40. The first-order valence-electron chi connectivity index (χ1n) is 8.41. The second-order valence-electron chi connectivity index (χ2n) is 5.58. The van der Waals surface area contributed by atoms with Crippen molar-refractivity contribution < 1.29 is 19.4 Å². The van der Waals surface area contributed by atoms with Crippen LogP contribution in [-0.2, 0) is 14.3 Å². The Labute approximate surface area is 168 Å². The number of hydrogen-bond donors (Lipinski definition) is 1. The number of rotatable bonds is 8. The van der Waals surface area contributed by atoms with Crippen LogP contribution in [0.4, 0.5) is 0 Å². The van der Waals surface area contributed by atoms with Gasteiger partial charge in [-0.25, -0.2) is 4.79 Å². The molecule has 6 heteroatoms. The number of benzene rings is 2. The molecule has 4 nitrogen and oxygen atoms in total. The van der Waals surface area contributed by atoms with Crippen molar-refractivity contribution in [2.45, 2.75) is 23.1 Å². The molecule has 0 aromatic heterocycles. The van der Waals surface area contributed by atoms with E-state index in [0.29, 0.717) is 5.57 Å². The Morgan fingerprint density at radius 3 is 2.19 bits per heavy atom. The van der Waals surface area contributed by atoms with Gasteiger partial charge in [-0.15, -0.1) is 23.5 Å². The number of aliphatic carboxylic acids is 1. The molecule has 0 heterocycles. The molecule has 0 atom stereocenters. The highest BCUT2D eigenvalue weighted by atomic mass is 32.2. The van der Waals surface area contributed by atoms with Crippen LogP contribution in [0.5, 0.6) is 0 Å². The van der Waals surface area contributed by atoms with Gasteiger partial charge in [0, 0.05) is 9.79 Å². The molecule has 2 rings (SSSR count). The average Bonchev–Trinajstić information content (AvgIpc) is 2.68. The van der Waals surface area contributed by atoms with E-state index in [1.54, 1.807) is 30.4 Å². The van der Waals surface area contributed by atoms with E-state index < -0.39 is 18.4 Å². The van der Waals surface area contributed by atoms with Crippen molar-refractivity contribution in [2.24, 2.45) is 0 Å². The maximum atomic E-state index is 12.6. The molecule has 0 fully saturated rings. The summed E-state index contributed by atoms with van der Waals surface area (Å²) >= 11 is 3.26. The van der Waals surface area contributed by atoms with Crippen LogP contribution in [0.1, 0.15) is 24.5 Å². The molecule has 142 valence electrons. The number of carbonyl (C=O) groups excluding carboxylic acids is 1. The van der Waals surface area contributed by atoms with E-state index in [0.717, 1.165) is 20.9 Å². The minimum absolute atomic E-state index is 0.152. The average molecular weight is 403 g/mol. The van der Waals surface area contributed by atoms with Gasteiger partial charge in [0.2, 0.25) is 0 Å². The summed E-state index contributed by atoms with van der Waals surface area (Å²) in [6, 6.07) is 15.3. The van der Waals surface area contributed by atoms with Gasteiger partial charge in [-0.3, -0.25) is 4.79 Å². The Kier molecular flexibility index (Phi) is 8.00. The molecule has 0 radical (unpaired) electrons. The summed E-state index contributed by atoms with van der Waals surface area (Å²) < 4.78 is 5.16. The van der Waals surface area contributed by atoms with E-state index in [9.17, 15) is 14.7 Å². The van der Waals surface area contributed by atoms with E-state index >= 15 is 0 Å². The highest BCUT2D eigenvalue weighted by molar-refractivity contribution is 8.01. The van der Waals surface area contributed by atoms with Gasteiger partial charge in [-0.1, -0.05) is 36.4 Å². The van der Waals surface area contributed by atoms with Crippen LogP contribution in [0.25, 0.3) is 5.57 Å². The molecule has 0 spiro atoms. The minimum Gasteiger partial charge on any atom is -0.481 e. The molecule has 0 aliphatic rings. The fourth-order valence-electron chi connectivity index (χ4n) is 2.74. The quantitative estimate of drug-likeness (QED) is 0.382. The maximum Gasteiger partial charge on any atom is 0.335 e. The first-order valence-corrected chi connectivity index (χ1v) is 10.9. The molecule has 0 bridgehead atoms. The van der Waals surface area contributed by atoms with Crippen LogP contribution in [0.15, 0.2) is 63.9 Å². The summed E-state index contributed by atoms with van der Waals surface area (Å²) in [6.45, 7) is 1.89. The summed E-state index contributed by atoms with van der Waals surface area (Å²) in [6.07, 6.45) is 3.60. The Bertz CT molecular complexity index is 845. The SMILES string of the molecule is CCOC(=O)/C(CC(=O)O)=C(\c1ccccc1)c1ccc(SC)c(SC)c1. The fraction of sp³-hybridized carbons (Fsp3) is 0.238. The van der Waals surface area contributed by atoms with Crippen LogP contribution in [0.3, 0.4) is 0 Å². The maximum absolute atomic E-state index is 12.6. The van der Waals surface area contributed by atoms with Crippen LogP contribution in [0.2, 0.25) is 0 Å². The molecule has 2 aromatic rings. The van der Waals surface area contributed by atoms with Crippen molar-refractivity contribution in [3.8, 4) is 0 Å². The van der Waals surface area contributed by atoms with Gasteiger partial charge in [0.15, 0.2) is 0 Å². The molecule has 27 heavy (non-hydrogen) atoms. The van der Waals surface area contributed by atoms with Gasteiger partial charge in [-0.05, 0) is 48.3 Å². The summed E-state index contributed by atoms with van der Waals surface area (Å²) in [5.74, 6) is -1.67. The van der Waals surface area contributed by atoms with E-state index in [-0.39, 0.29) is 12.2 Å². The molecule has 0 aliphatic heterocycles. The molecular weight excluding hydrogens is 380 g/mol. The molecule has 0 unspecified atom stereocenters. The highest BCUT2D eigenvalue weighted by Crippen LogP contribution is 2.35. The van der Waals surface area contributed by atoms with E-state index in [2.05, 4.69) is 0 Å². The van der Waals surface area contributed by atoms with Crippen LogP contribution in [0, 0.1) is 0 Å². The summed E-state index contributed by atoms with van der Waals surface area (Å²) in [5.41, 5.74) is 2.33. The zero-order valence-electron chi connectivity index (χ0n) is 15.5. The third-order valence-electron chi connectivity index (χ3n) is 3.89. The topological polar surface area (TPSA) is 63.6 Å². The number of hydrogen-bond acceptors (Lipinski definition) is 5. The predicted molar refractivity (Wildman–Crippen MR) is 111 cm³/mol. The molecule has 0 aliphatic carbocycles. The van der Waals surface area contributed by atoms with Crippen molar-refractivity contribution in [1.29, 1.82) is 0 Å². The Balaban J connectivity index is 2.77. The van der Waals surface area contributed by atoms with Gasteiger partial charge >= 0.3 is 11.9 Å². The van der Waals surface area contributed by atoms with Crippen LogP contribution >= 0.6 is 23.5 Å². The largest absolute Gasteiger partial charge is 0.481 e. The molecule has 1 N–H and O–H groups in total. The molecule has 0 saturated heterocycles. The Morgan fingerprint density at radius 1 is 0.963 bits per heavy atom. The molecule has 0 saturated carbocycles. The first-order chi connectivity index (χ1) is 13.0. The molecular formula is C21H22O4S2. The standard InChI is InChI=1S/C21H22O4S2/c1-4-25-21(24)16(13-19(22)23)20(14-8-6-5-7-9-14)15-10-11-17(26-2)18(12-15)27-3/h5-12H,4,13H2,1-3H3,(H,22,23)/b20-16+. The monoisotopic (exact) mass is 402 g/mol. The van der Waals surface area contributed by atoms with Crippen molar-refractivity contribution in [1.82, 2.24) is 0 Å². The van der Waals surface area contributed by atoms with E-state index in [4.69, 9.17) is 4.74 Å². The lowest BCUT2D eigenvalue weighted by atomic mass is 9.91. The Morgan fingerprint density at radius 2 is 1.63 bits per heavy atom. The normalized spacial score (nSPS) is 11.7. The van der Waals surface area contributed by atoms with Crippen molar-refractivity contribution in [3.05, 3.63) is 65.2 Å². The van der Waals surface area contributed by atoms with Gasteiger partial charge in [0.1, 0.15) is 0 Å². The number of esters is 1. The zero-order valence-corrected chi connectivity index (χ0v) is 17.2. The van der Waals surface area contributed by atoms with Crippen molar-refractivity contribution in [3.63, 3.8) is 0 Å². The van der Waals surface area contributed by atoms with Crippen molar-refractivity contribution in [2.75, 3.05) is 19.1 Å². The predicted octanol–water partition coefficient (Wildman–Crippen LogP) is 4.97. The lowest BCUT2D eigenvalue weighted by molar-refractivity contribution is -0.142. The molecule has 0 amide bonds.